The summed E-state index contributed by atoms with van der Waals surface area (Å²) in [5.74, 6) is 1.97. The fraction of sp³-hybridized carbons (Fsp3) is 0.333. The number of nitrogens with zero attached hydrogens (tertiary/aromatic N) is 5. The van der Waals surface area contributed by atoms with Crippen molar-refractivity contribution in [1.29, 1.82) is 0 Å². The molecule has 1 amide bonds. The summed E-state index contributed by atoms with van der Waals surface area (Å²) in [6, 6.07) is 7.06. The summed E-state index contributed by atoms with van der Waals surface area (Å²) >= 11 is 0. The van der Waals surface area contributed by atoms with Crippen molar-refractivity contribution < 1.29 is 14.3 Å². The molecular formula is C21H27ClN6O3. The first-order valence-electron chi connectivity index (χ1n) is 9.50. The first-order chi connectivity index (χ1) is 14.4. The number of fused-ring (bicyclic) bond motifs is 1. The van der Waals surface area contributed by atoms with Crippen molar-refractivity contribution in [2.45, 2.75) is 6.42 Å². The molecule has 31 heavy (non-hydrogen) atoms. The molecule has 0 saturated heterocycles. The first-order valence-corrected chi connectivity index (χ1v) is 9.50. The van der Waals surface area contributed by atoms with Gasteiger partial charge in [0.2, 0.25) is 5.95 Å². The zero-order valence-corrected chi connectivity index (χ0v) is 18.8. The number of halogens is 1. The maximum atomic E-state index is 12.4. The standard InChI is InChI=1S/C21H26N6O3.ClH/c1-26(20(28)14-7-5-8-23-13-14)9-6-10-27(2)21-24-16-12-18(30-4)17(29-3)11-15(16)19(22)25-21;/h5,7-8,11-13H,6,9-10H2,1-4H3,(H2,22,24,25);1H. The molecule has 10 heteroatoms. The molecule has 0 spiro atoms. The van der Waals surface area contributed by atoms with Crippen LogP contribution in [0.25, 0.3) is 10.9 Å². The van der Waals surface area contributed by atoms with Crippen LogP contribution in [0.5, 0.6) is 11.5 Å². The lowest BCUT2D eigenvalue weighted by Crippen LogP contribution is -2.31. The van der Waals surface area contributed by atoms with E-state index < -0.39 is 0 Å². The van der Waals surface area contributed by atoms with Gasteiger partial charge in [0, 0.05) is 51.0 Å². The van der Waals surface area contributed by atoms with Crippen molar-refractivity contribution >= 4 is 41.0 Å². The Morgan fingerprint density at radius 1 is 1.10 bits per heavy atom. The summed E-state index contributed by atoms with van der Waals surface area (Å²) in [6.07, 6.45) is 3.96. The number of benzene rings is 1. The molecule has 2 heterocycles. The minimum absolute atomic E-state index is 0. The van der Waals surface area contributed by atoms with Gasteiger partial charge in [-0.15, -0.1) is 12.4 Å². The molecule has 1 aromatic carbocycles. The lowest BCUT2D eigenvalue weighted by molar-refractivity contribution is 0.0794. The SMILES string of the molecule is COc1cc2nc(N(C)CCCN(C)C(=O)c3cccnc3)nc(N)c2cc1OC.Cl. The third-order valence-corrected chi connectivity index (χ3v) is 4.80. The highest BCUT2D eigenvalue weighted by molar-refractivity contribution is 5.93. The van der Waals surface area contributed by atoms with Crippen LogP contribution >= 0.6 is 12.4 Å². The van der Waals surface area contributed by atoms with Crippen molar-refractivity contribution in [3.63, 3.8) is 0 Å². The summed E-state index contributed by atoms with van der Waals surface area (Å²) in [5.41, 5.74) is 7.40. The van der Waals surface area contributed by atoms with Crippen molar-refractivity contribution in [1.82, 2.24) is 19.9 Å². The number of aromatic nitrogens is 3. The van der Waals surface area contributed by atoms with Crippen LogP contribution in [0.3, 0.4) is 0 Å². The van der Waals surface area contributed by atoms with E-state index in [9.17, 15) is 4.79 Å². The van der Waals surface area contributed by atoms with Crippen molar-refractivity contribution in [3.8, 4) is 11.5 Å². The van der Waals surface area contributed by atoms with Gasteiger partial charge in [0.25, 0.3) is 5.91 Å². The van der Waals surface area contributed by atoms with Crippen LogP contribution in [0.2, 0.25) is 0 Å². The molecule has 0 saturated carbocycles. The number of hydrogen-bond acceptors (Lipinski definition) is 8. The summed E-state index contributed by atoms with van der Waals surface area (Å²) in [7, 11) is 6.81. The molecule has 0 bridgehead atoms. The highest BCUT2D eigenvalue weighted by atomic mass is 35.5. The Morgan fingerprint density at radius 2 is 1.81 bits per heavy atom. The van der Waals surface area contributed by atoms with Gasteiger partial charge >= 0.3 is 0 Å². The quantitative estimate of drug-likeness (QED) is 0.562. The number of pyridine rings is 1. The smallest absolute Gasteiger partial charge is 0.255 e. The Labute approximate surface area is 187 Å². The van der Waals surface area contributed by atoms with E-state index >= 15 is 0 Å². The number of amides is 1. The second-order valence-corrected chi connectivity index (χ2v) is 6.88. The van der Waals surface area contributed by atoms with Crippen LogP contribution in [-0.2, 0) is 0 Å². The van der Waals surface area contributed by atoms with Crippen molar-refractivity contribution in [2.24, 2.45) is 0 Å². The number of hydrogen-bond donors (Lipinski definition) is 1. The number of carbonyl (C=O) groups is 1. The average molecular weight is 447 g/mol. The molecule has 0 aliphatic carbocycles. The van der Waals surface area contributed by atoms with Gasteiger partial charge in [0.15, 0.2) is 11.5 Å². The summed E-state index contributed by atoms with van der Waals surface area (Å²) < 4.78 is 10.7. The number of nitrogens with two attached hydrogens (primary N) is 1. The van der Waals surface area contributed by atoms with Crippen LogP contribution in [0.1, 0.15) is 16.8 Å². The van der Waals surface area contributed by atoms with E-state index in [-0.39, 0.29) is 18.3 Å². The van der Waals surface area contributed by atoms with E-state index in [2.05, 4.69) is 15.0 Å². The Balaban J connectivity index is 0.00000341. The molecule has 2 aromatic heterocycles. The molecule has 166 valence electrons. The van der Waals surface area contributed by atoms with E-state index in [1.807, 2.05) is 11.9 Å². The molecular weight excluding hydrogens is 420 g/mol. The van der Waals surface area contributed by atoms with E-state index in [1.165, 1.54) is 0 Å². The maximum absolute atomic E-state index is 12.4. The van der Waals surface area contributed by atoms with E-state index in [0.717, 1.165) is 6.42 Å². The average Bonchev–Trinajstić information content (AvgIpc) is 2.77. The summed E-state index contributed by atoms with van der Waals surface area (Å²) in [4.78, 5) is 29.0. The molecule has 0 aliphatic heterocycles. The Hall–Kier alpha value is -3.33. The fourth-order valence-corrected chi connectivity index (χ4v) is 3.09. The van der Waals surface area contributed by atoms with Gasteiger partial charge < -0.3 is 25.0 Å². The molecule has 2 N–H and O–H groups in total. The minimum atomic E-state index is -0.0574. The predicted octanol–water partition coefficient (Wildman–Crippen LogP) is 2.64. The normalized spacial score (nSPS) is 10.3. The zero-order valence-electron chi connectivity index (χ0n) is 18.0. The van der Waals surface area contributed by atoms with Gasteiger partial charge in [-0.05, 0) is 24.6 Å². The van der Waals surface area contributed by atoms with Crippen LogP contribution in [0.15, 0.2) is 36.7 Å². The molecule has 0 aliphatic rings. The fourth-order valence-electron chi connectivity index (χ4n) is 3.09. The van der Waals surface area contributed by atoms with Gasteiger partial charge in [-0.3, -0.25) is 9.78 Å². The van der Waals surface area contributed by atoms with Crippen LogP contribution in [0.4, 0.5) is 11.8 Å². The van der Waals surface area contributed by atoms with Gasteiger partial charge in [0.1, 0.15) is 5.82 Å². The number of carbonyl (C=O) groups excluding carboxylic acids is 1. The highest BCUT2D eigenvalue weighted by Crippen LogP contribution is 2.33. The molecule has 0 radical (unpaired) electrons. The van der Waals surface area contributed by atoms with Crippen LogP contribution in [0, 0.1) is 0 Å². The van der Waals surface area contributed by atoms with Crippen molar-refractivity contribution in [3.05, 3.63) is 42.2 Å². The summed E-state index contributed by atoms with van der Waals surface area (Å²) in [6.45, 7) is 1.25. The summed E-state index contributed by atoms with van der Waals surface area (Å²) in [5, 5.41) is 0.701. The monoisotopic (exact) mass is 446 g/mol. The van der Waals surface area contributed by atoms with Crippen LogP contribution in [-0.4, -0.2) is 67.2 Å². The molecule has 0 fully saturated rings. The number of ether oxygens (including phenoxy) is 2. The van der Waals surface area contributed by atoms with Crippen molar-refractivity contribution in [2.75, 3.05) is 52.0 Å². The molecule has 0 atom stereocenters. The van der Waals surface area contributed by atoms with Gasteiger partial charge in [0.05, 0.1) is 25.3 Å². The largest absolute Gasteiger partial charge is 0.493 e. The molecule has 3 rings (SSSR count). The first kappa shape index (κ1) is 23.9. The van der Waals surface area contributed by atoms with E-state index in [4.69, 9.17) is 15.2 Å². The van der Waals surface area contributed by atoms with Gasteiger partial charge in [-0.1, -0.05) is 0 Å². The lowest BCUT2D eigenvalue weighted by Gasteiger charge is -2.21. The molecule has 3 aromatic rings. The Kier molecular flexibility index (Phi) is 8.21. The number of rotatable bonds is 8. The van der Waals surface area contributed by atoms with E-state index in [0.29, 0.717) is 52.8 Å². The molecule has 0 unspecified atom stereocenters. The van der Waals surface area contributed by atoms with Crippen LogP contribution < -0.4 is 20.1 Å². The minimum Gasteiger partial charge on any atom is -0.493 e. The Morgan fingerprint density at radius 3 is 2.45 bits per heavy atom. The number of nitrogen functional groups attached to an aromatic ring is 1. The van der Waals surface area contributed by atoms with Gasteiger partial charge in [-0.2, -0.15) is 4.98 Å². The zero-order chi connectivity index (χ0) is 21.7. The third kappa shape index (κ3) is 5.43. The lowest BCUT2D eigenvalue weighted by atomic mass is 10.2. The number of anilines is 2. The second-order valence-electron chi connectivity index (χ2n) is 6.88. The third-order valence-electron chi connectivity index (χ3n) is 4.80. The topological polar surface area (TPSA) is 107 Å². The highest BCUT2D eigenvalue weighted by Gasteiger charge is 2.15. The van der Waals surface area contributed by atoms with Gasteiger partial charge in [-0.25, -0.2) is 4.98 Å². The van der Waals surface area contributed by atoms with E-state index in [1.54, 1.807) is 62.8 Å². The Bertz CT molecular complexity index is 1030. The number of methoxy groups -OCH3 is 2. The predicted molar refractivity (Wildman–Crippen MR) is 123 cm³/mol. The molecule has 9 nitrogen and oxygen atoms in total. The second kappa shape index (κ2) is 10.6. The maximum Gasteiger partial charge on any atom is 0.255 e.